The van der Waals surface area contributed by atoms with E-state index in [2.05, 4.69) is 5.32 Å². The van der Waals surface area contributed by atoms with Gasteiger partial charge in [-0.3, -0.25) is 24.0 Å². The predicted molar refractivity (Wildman–Crippen MR) is 169 cm³/mol. The molecule has 0 saturated carbocycles. The molecule has 222 valence electrons. The van der Waals surface area contributed by atoms with E-state index in [1.165, 1.54) is 19.1 Å². The molecule has 0 aromatic heterocycles. The molecule has 0 fully saturated rings. The van der Waals surface area contributed by atoms with Crippen LogP contribution in [0.4, 0.5) is 4.39 Å². The number of nitrogens with zero attached hydrogens (tertiary/aromatic N) is 1. The molecule has 0 saturated heterocycles. The lowest BCUT2D eigenvalue weighted by Crippen LogP contribution is -2.42. The van der Waals surface area contributed by atoms with E-state index in [1.54, 1.807) is 43.5 Å². The number of Topliss-reactive ketones (excluding diaryl/α,β-unsaturated/α-hetero) is 1. The summed E-state index contributed by atoms with van der Waals surface area (Å²) in [4.78, 5) is 40.1. The molecule has 0 spiro atoms. The lowest BCUT2D eigenvalue weighted by Gasteiger charge is -2.18. The van der Waals surface area contributed by atoms with Crippen molar-refractivity contribution >= 4 is 68.1 Å². The normalized spacial score (nSPS) is 14.8. The lowest BCUT2D eigenvalue weighted by molar-refractivity contribution is -0.125. The van der Waals surface area contributed by atoms with Gasteiger partial charge in [-0.1, -0.05) is 30.0 Å². The fourth-order valence-corrected chi connectivity index (χ4v) is 5.88. The number of amidine groups is 1. The molecule has 2 aromatic carbocycles. The maximum Gasteiger partial charge on any atom is 0.217 e. The summed E-state index contributed by atoms with van der Waals surface area (Å²) in [5, 5.41) is 18.3. The van der Waals surface area contributed by atoms with Gasteiger partial charge in [0.05, 0.1) is 6.04 Å². The zero-order valence-corrected chi connectivity index (χ0v) is 25.9. The number of allylic oxidation sites excluding steroid dienone is 3. The lowest BCUT2D eigenvalue weighted by atomic mass is 10.0. The van der Waals surface area contributed by atoms with Gasteiger partial charge in [-0.2, -0.15) is 0 Å². The van der Waals surface area contributed by atoms with Crippen molar-refractivity contribution in [3.05, 3.63) is 70.5 Å². The van der Waals surface area contributed by atoms with E-state index >= 15 is 0 Å². The van der Waals surface area contributed by atoms with Crippen LogP contribution < -0.4 is 5.32 Å². The van der Waals surface area contributed by atoms with Gasteiger partial charge in [0.15, 0.2) is 10.9 Å². The quantitative estimate of drug-likeness (QED) is 0.230. The number of hydrogen-bond donors (Lipinski definition) is 3. The largest absolute Gasteiger partial charge is 0.366 e. The van der Waals surface area contributed by atoms with Crippen molar-refractivity contribution in [2.45, 2.75) is 44.0 Å². The van der Waals surface area contributed by atoms with Crippen molar-refractivity contribution in [2.75, 3.05) is 26.1 Å². The molecule has 0 aliphatic heterocycles. The molecule has 1 amide bonds. The first-order chi connectivity index (χ1) is 19.8. The highest BCUT2D eigenvalue weighted by molar-refractivity contribution is 8.13. The molecule has 3 rings (SSSR count). The molecule has 0 heterocycles. The van der Waals surface area contributed by atoms with Crippen LogP contribution in [0, 0.1) is 16.6 Å². The van der Waals surface area contributed by atoms with Crippen LogP contribution in [-0.4, -0.2) is 69.6 Å². The smallest absolute Gasteiger partial charge is 0.217 e. The number of benzene rings is 2. The number of nitrogens with one attached hydrogen (secondary N) is 3. The van der Waals surface area contributed by atoms with Gasteiger partial charge in [-0.15, -0.1) is 0 Å². The molecule has 2 unspecified atom stereocenters. The number of rotatable bonds is 12. The number of fused-ring (bicyclic) bond motifs is 1. The summed E-state index contributed by atoms with van der Waals surface area (Å²) in [5.74, 6) is -1.08. The van der Waals surface area contributed by atoms with Gasteiger partial charge in [0.25, 0.3) is 0 Å². The molecule has 1 aliphatic rings. The van der Waals surface area contributed by atoms with Crippen LogP contribution in [-0.2, 0) is 25.2 Å². The zero-order chi connectivity index (χ0) is 31.1. The Labute approximate surface area is 252 Å². The Bertz CT molecular complexity index is 1510. The molecule has 11 heteroatoms. The Morgan fingerprint density at radius 1 is 1.07 bits per heavy atom. The highest BCUT2D eigenvalue weighted by atomic mass is 32.2. The first kappa shape index (κ1) is 32.8. The first-order valence-electron chi connectivity index (χ1n) is 13.2. The minimum absolute atomic E-state index is 0.00511. The van der Waals surface area contributed by atoms with Crippen LogP contribution in [0.2, 0.25) is 0 Å². The van der Waals surface area contributed by atoms with E-state index < -0.39 is 34.3 Å². The minimum Gasteiger partial charge on any atom is -0.366 e. The second-order valence-electron chi connectivity index (χ2n) is 10.3. The highest BCUT2D eigenvalue weighted by Crippen LogP contribution is 2.44. The molecule has 3 N–H and O–H groups in total. The van der Waals surface area contributed by atoms with Crippen molar-refractivity contribution in [3.63, 3.8) is 0 Å². The number of carbonyl (C=O) groups excluding carboxylic acids is 3. The summed E-state index contributed by atoms with van der Waals surface area (Å²) in [6, 6.07) is 10.8. The molecule has 0 bridgehead atoms. The van der Waals surface area contributed by atoms with Gasteiger partial charge < -0.3 is 15.6 Å². The van der Waals surface area contributed by atoms with E-state index in [9.17, 15) is 23.0 Å². The predicted octanol–water partition coefficient (Wildman–Crippen LogP) is 4.95. The Morgan fingerprint density at radius 2 is 1.74 bits per heavy atom. The molecule has 2 atom stereocenters. The van der Waals surface area contributed by atoms with E-state index in [-0.39, 0.29) is 41.7 Å². The van der Waals surface area contributed by atoms with Crippen LogP contribution in [0.25, 0.3) is 17.2 Å². The molecular formula is C31H35FN4O4S2. The Kier molecular flexibility index (Phi) is 11.3. The third-order valence-electron chi connectivity index (χ3n) is 6.78. The average Bonchev–Trinajstić information content (AvgIpc) is 3.15. The van der Waals surface area contributed by atoms with Gasteiger partial charge >= 0.3 is 0 Å². The van der Waals surface area contributed by atoms with Crippen LogP contribution in [0.3, 0.4) is 0 Å². The van der Waals surface area contributed by atoms with E-state index in [1.807, 2.05) is 25.1 Å². The molecule has 0 radical (unpaired) electrons. The van der Waals surface area contributed by atoms with E-state index in [0.717, 1.165) is 34.0 Å². The number of hydrogen-bond acceptors (Lipinski definition) is 7. The number of amides is 1. The average molecular weight is 611 g/mol. The fourth-order valence-electron chi connectivity index (χ4n) is 4.49. The minimum atomic E-state index is -1.10. The monoisotopic (exact) mass is 610 g/mol. The van der Waals surface area contributed by atoms with E-state index in [4.69, 9.17) is 10.8 Å². The van der Waals surface area contributed by atoms with Gasteiger partial charge in [-0.05, 0) is 70.7 Å². The number of ketones is 1. The van der Waals surface area contributed by atoms with Crippen LogP contribution in [0.5, 0.6) is 0 Å². The Morgan fingerprint density at radius 3 is 2.33 bits per heavy atom. The summed E-state index contributed by atoms with van der Waals surface area (Å²) >= 11 is 0.906. The van der Waals surface area contributed by atoms with Crippen molar-refractivity contribution < 1.29 is 23.0 Å². The summed E-state index contributed by atoms with van der Waals surface area (Å²) in [6.45, 7) is 3.16. The fraction of sp³-hybridized carbons (Fsp3) is 0.323. The maximum atomic E-state index is 14.3. The Balaban J connectivity index is 1.77. The third-order valence-corrected chi connectivity index (χ3v) is 8.69. The number of halogens is 1. The third kappa shape index (κ3) is 8.65. The van der Waals surface area contributed by atoms with Crippen LogP contribution >= 0.6 is 11.8 Å². The first-order valence-corrected chi connectivity index (χ1v) is 15.7. The van der Waals surface area contributed by atoms with Gasteiger partial charge in [0.1, 0.15) is 11.7 Å². The molecule has 42 heavy (non-hydrogen) atoms. The SMILES string of the molecule is CC(=O)NC(CSC(=O)CC1=C(C)/C(=C/c2ccc(S(C)=O)cc2)c2ccc(F)cc21)C(=O)CC(=N)CC(=N)N(C)C. The van der Waals surface area contributed by atoms with E-state index in [0.29, 0.717) is 16.0 Å². The van der Waals surface area contributed by atoms with Crippen LogP contribution in [0.15, 0.2) is 52.9 Å². The summed E-state index contributed by atoms with van der Waals surface area (Å²) in [5.41, 5.74) is 4.73. The summed E-state index contributed by atoms with van der Waals surface area (Å²) in [7, 11) is 2.27. The van der Waals surface area contributed by atoms with Gasteiger partial charge in [0, 0.05) is 73.7 Å². The number of carbonyl (C=O) groups is 3. The van der Waals surface area contributed by atoms with Gasteiger partial charge in [-0.25, -0.2) is 4.39 Å². The Hall–Kier alpha value is -3.70. The van der Waals surface area contributed by atoms with Gasteiger partial charge in [0.2, 0.25) is 5.91 Å². The molecule has 8 nitrogen and oxygen atoms in total. The van der Waals surface area contributed by atoms with Crippen molar-refractivity contribution in [1.29, 1.82) is 10.8 Å². The standard InChI is InChI=1S/C31H35FN4O4S2/c1-18-25(12-20-6-9-23(10-7-20)42(5)40)24-11-8-21(32)13-27(24)26(18)16-31(39)41-17-28(35-19(2)37)29(38)14-22(33)15-30(34)36(3)4/h6-13,28,33-34H,14-17H2,1-5H3,(H,35,37)/b25-12-,33-22?,34-30?. The van der Waals surface area contributed by atoms with Crippen molar-refractivity contribution in [3.8, 4) is 0 Å². The van der Waals surface area contributed by atoms with Crippen LogP contribution in [0.1, 0.15) is 49.8 Å². The molecule has 2 aromatic rings. The highest BCUT2D eigenvalue weighted by Gasteiger charge is 2.27. The number of thioether (sulfide) groups is 1. The van der Waals surface area contributed by atoms with Crippen molar-refractivity contribution in [2.24, 2.45) is 0 Å². The summed E-state index contributed by atoms with van der Waals surface area (Å²) in [6.07, 6.45) is 3.33. The second kappa shape index (κ2) is 14.5. The van der Waals surface area contributed by atoms with Crippen molar-refractivity contribution in [1.82, 2.24) is 10.2 Å². The topological polar surface area (TPSA) is 131 Å². The summed E-state index contributed by atoms with van der Waals surface area (Å²) < 4.78 is 26.0. The second-order valence-corrected chi connectivity index (χ2v) is 12.7. The molecule has 1 aliphatic carbocycles. The molecular weight excluding hydrogens is 575 g/mol. The maximum absolute atomic E-state index is 14.3. The zero-order valence-electron chi connectivity index (χ0n) is 24.3.